The first-order valence-corrected chi connectivity index (χ1v) is 9.79. The largest absolute Gasteiger partial charge is 0.457 e. The van der Waals surface area contributed by atoms with Gasteiger partial charge in [0.15, 0.2) is 5.82 Å². The minimum atomic E-state index is -0.340. The lowest BCUT2D eigenvalue weighted by Gasteiger charge is -1.96. The van der Waals surface area contributed by atoms with Gasteiger partial charge in [0.2, 0.25) is 4.96 Å². The highest BCUT2D eigenvalue weighted by Crippen LogP contribution is 2.24. The Kier molecular flexibility index (Phi) is 4.26. The zero-order valence-corrected chi connectivity index (χ0v) is 16.2. The SMILES string of the molecule is O=c1/c(=C/c2ccc(-c3ccc(Cl)cc3)o2)sc2nc(-c3ccc(F)cc3)nn12. The summed E-state index contributed by atoms with van der Waals surface area (Å²) in [6.45, 7) is 0. The molecule has 0 amide bonds. The van der Waals surface area contributed by atoms with Gasteiger partial charge in [-0.3, -0.25) is 4.79 Å². The number of furan rings is 1. The van der Waals surface area contributed by atoms with E-state index in [9.17, 15) is 9.18 Å². The van der Waals surface area contributed by atoms with Crippen LogP contribution in [0.3, 0.4) is 0 Å². The summed E-state index contributed by atoms with van der Waals surface area (Å²) in [6, 6.07) is 16.8. The van der Waals surface area contributed by atoms with Gasteiger partial charge in [-0.2, -0.15) is 9.50 Å². The highest BCUT2D eigenvalue weighted by Gasteiger charge is 2.12. The first kappa shape index (κ1) is 17.8. The molecule has 0 aliphatic heterocycles. The third-order valence-electron chi connectivity index (χ3n) is 4.31. The second-order valence-corrected chi connectivity index (χ2v) is 7.71. The lowest BCUT2D eigenvalue weighted by molar-refractivity contribution is 0.571. The van der Waals surface area contributed by atoms with Gasteiger partial charge in [-0.1, -0.05) is 22.9 Å². The molecule has 5 aromatic rings. The molecule has 3 aromatic heterocycles. The predicted molar refractivity (Wildman–Crippen MR) is 110 cm³/mol. The van der Waals surface area contributed by atoms with Gasteiger partial charge in [0.1, 0.15) is 21.9 Å². The molecule has 29 heavy (non-hydrogen) atoms. The van der Waals surface area contributed by atoms with Gasteiger partial charge >= 0.3 is 0 Å². The van der Waals surface area contributed by atoms with Crippen molar-refractivity contribution < 1.29 is 8.81 Å². The molecule has 0 saturated heterocycles. The van der Waals surface area contributed by atoms with Crippen LogP contribution < -0.4 is 10.1 Å². The van der Waals surface area contributed by atoms with Crippen molar-refractivity contribution in [3.63, 3.8) is 0 Å². The summed E-state index contributed by atoms with van der Waals surface area (Å²) in [4.78, 5) is 17.5. The molecule has 0 atom stereocenters. The van der Waals surface area contributed by atoms with Crippen molar-refractivity contribution in [1.29, 1.82) is 0 Å². The van der Waals surface area contributed by atoms with Crippen LogP contribution >= 0.6 is 22.9 Å². The second-order valence-electron chi connectivity index (χ2n) is 6.26. The summed E-state index contributed by atoms with van der Waals surface area (Å²) in [6.07, 6.45) is 1.67. The molecule has 0 aliphatic carbocycles. The van der Waals surface area contributed by atoms with Crippen LogP contribution in [0.15, 0.2) is 69.9 Å². The zero-order valence-electron chi connectivity index (χ0n) is 14.7. The number of hydrogen-bond donors (Lipinski definition) is 0. The van der Waals surface area contributed by atoms with Crippen LogP contribution in [0.25, 0.3) is 33.7 Å². The molecule has 8 heteroatoms. The zero-order chi connectivity index (χ0) is 20.0. The summed E-state index contributed by atoms with van der Waals surface area (Å²) >= 11 is 7.13. The van der Waals surface area contributed by atoms with Crippen LogP contribution in [0.5, 0.6) is 0 Å². The van der Waals surface area contributed by atoms with Gasteiger partial charge in [0.05, 0.1) is 0 Å². The van der Waals surface area contributed by atoms with Crippen molar-refractivity contribution in [3.05, 3.63) is 92.1 Å². The fourth-order valence-electron chi connectivity index (χ4n) is 2.88. The Morgan fingerprint density at radius 2 is 1.72 bits per heavy atom. The summed E-state index contributed by atoms with van der Waals surface area (Å²) < 4.78 is 20.6. The third-order valence-corrected chi connectivity index (χ3v) is 5.52. The number of fused-ring (bicyclic) bond motifs is 1. The van der Waals surface area contributed by atoms with Crippen LogP contribution in [0.2, 0.25) is 5.02 Å². The molecule has 0 fully saturated rings. The van der Waals surface area contributed by atoms with E-state index >= 15 is 0 Å². The lowest BCUT2D eigenvalue weighted by Crippen LogP contribution is -2.23. The maximum atomic E-state index is 13.1. The Labute approximate surface area is 172 Å². The summed E-state index contributed by atoms with van der Waals surface area (Å²) in [7, 11) is 0. The Hall–Kier alpha value is -3.29. The van der Waals surface area contributed by atoms with Gasteiger partial charge in [-0.05, 0) is 60.7 Å². The van der Waals surface area contributed by atoms with Gasteiger partial charge in [-0.15, -0.1) is 5.10 Å². The van der Waals surface area contributed by atoms with Crippen LogP contribution in [0.4, 0.5) is 4.39 Å². The minimum absolute atomic E-state index is 0.282. The van der Waals surface area contributed by atoms with Crippen LogP contribution in [0, 0.1) is 5.82 Å². The number of rotatable bonds is 3. The van der Waals surface area contributed by atoms with E-state index in [4.69, 9.17) is 16.0 Å². The van der Waals surface area contributed by atoms with Gasteiger partial charge in [0.25, 0.3) is 5.56 Å². The molecule has 3 heterocycles. The normalized spacial score (nSPS) is 12.1. The maximum absolute atomic E-state index is 13.1. The van der Waals surface area contributed by atoms with E-state index in [1.165, 1.54) is 28.0 Å². The molecule has 0 N–H and O–H groups in total. The lowest BCUT2D eigenvalue weighted by atomic mass is 10.2. The third kappa shape index (κ3) is 3.35. The highest BCUT2D eigenvalue weighted by atomic mass is 35.5. The average Bonchev–Trinajstić information content (AvgIpc) is 3.41. The van der Waals surface area contributed by atoms with Crippen molar-refractivity contribution in [2.45, 2.75) is 0 Å². The number of aromatic nitrogens is 3. The molecule has 0 radical (unpaired) electrons. The monoisotopic (exact) mass is 423 g/mol. The van der Waals surface area contributed by atoms with Crippen molar-refractivity contribution in [1.82, 2.24) is 14.6 Å². The number of halogens is 2. The summed E-state index contributed by atoms with van der Waals surface area (Å²) in [5.41, 5.74) is 1.25. The molecule has 2 aromatic carbocycles. The Morgan fingerprint density at radius 1 is 1.00 bits per heavy atom. The molecular formula is C21H11ClFN3O2S. The molecule has 0 saturated carbocycles. The average molecular weight is 424 g/mol. The van der Waals surface area contributed by atoms with E-state index < -0.39 is 0 Å². The van der Waals surface area contributed by atoms with E-state index in [0.717, 1.165) is 5.56 Å². The Bertz CT molecular complexity index is 1440. The molecule has 0 bridgehead atoms. The summed E-state index contributed by atoms with van der Waals surface area (Å²) in [5.74, 6) is 1.27. The van der Waals surface area contributed by atoms with Crippen molar-refractivity contribution in [2.24, 2.45) is 0 Å². The van der Waals surface area contributed by atoms with Crippen molar-refractivity contribution in [2.75, 3.05) is 0 Å². The number of nitrogens with zero attached hydrogens (tertiary/aromatic N) is 3. The van der Waals surface area contributed by atoms with Crippen LogP contribution in [0.1, 0.15) is 5.76 Å². The Morgan fingerprint density at radius 3 is 2.45 bits per heavy atom. The van der Waals surface area contributed by atoms with Gasteiger partial charge < -0.3 is 4.42 Å². The molecule has 0 aliphatic rings. The van der Waals surface area contributed by atoms with E-state index in [1.54, 1.807) is 36.4 Å². The Balaban J connectivity index is 1.51. The molecule has 0 spiro atoms. The highest BCUT2D eigenvalue weighted by molar-refractivity contribution is 7.15. The van der Waals surface area contributed by atoms with Gasteiger partial charge in [0, 0.05) is 22.2 Å². The minimum Gasteiger partial charge on any atom is -0.457 e. The maximum Gasteiger partial charge on any atom is 0.291 e. The fraction of sp³-hybridized carbons (Fsp3) is 0. The van der Waals surface area contributed by atoms with E-state index in [0.29, 0.717) is 37.4 Å². The van der Waals surface area contributed by atoms with Crippen molar-refractivity contribution >= 4 is 34.0 Å². The topological polar surface area (TPSA) is 60.4 Å². The van der Waals surface area contributed by atoms with Crippen molar-refractivity contribution in [3.8, 4) is 22.7 Å². The number of benzene rings is 2. The molecule has 142 valence electrons. The molecule has 5 rings (SSSR count). The van der Waals surface area contributed by atoms with Gasteiger partial charge in [-0.25, -0.2) is 4.39 Å². The first-order chi connectivity index (χ1) is 14.1. The van der Waals surface area contributed by atoms with E-state index in [-0.39, 0.29) is 11.4 Å². The van der Waals surface area contributed by atoms with Crippen LogP contribution in [-0.4, -0.2) is 14.6 Å². The standard InChI is InChI=1S/C21H11ClFN3O2S/c22-14-5-1-12(2-6-14)17-10-9-16(28-17)11-18-20(27)26-21(29-18)24-19(25-26)13-3-7-15(23)8-4-13/h1-11H/b18-11-. The fourth-order valence-corrected chi connectivity index (χ4v) is 3.90. The van der Waals surface area contributed by atoms with Crippen LogP contribution in [-0.2, 0) is 0 Å². The molecule has 5 nitrogen and oxygen atoms in total. The number of thiazole rings is 1. The molecular weight excluding hydrogens is 413 g/mol. The second kappa shape index (κ2) is 6.95. The quantitative estimate of drug-likeness (QED) is 0.431. The van der Waals surface area contributed by atoms with E-state index in [1.807, 2.05) is 18.2 Å². The summed E-state index contributed by atoms with van der Waals surface area (Å²) in [5, 5.41) is 4.90. The molecule has 0 unspecified atom stereocenters. The van der Waals surface area contributed by atoms with E-state index in [2.05, 4.69) is 10.1 Å². The first-order valence-electron chi connectivity index (χ1n) is 8.60. The smallest absolute Gasteiger partial charge is 0.291 e. The number of hydrogen-bond acceptors (Lipinski definition) is 5. The predicted octanol–water partition coefficient (Wildman–Crippen LogP) is 4.42.